The quantitative estimate of drug-likeness (QED) is 0.863. The van der Waals surface area contributed by atoms with Gasteiger partial charge >= 0.3 is 6.03 Å². The lowest BCUT2D eigenvalue weighted by atomic mass is 9.72. The number of nitrogens with zero attached hydrogens (tertiary/aromatic N) is 2. The second-order valence-corrected chi connectivity index (χ2v) is 8.33. The molecular weight excluding hydrogens is 361 g/mol. The number of amides is 3. The topological polar surface area (TPSA) is 61.9 Å². The Morgan fingerprint density at radius 2 is 1.96 bits per heavy atom. The second-order valence-electron chi connectivity index (χ2n) is 8.33. The molecular formula is C21H28FN3O3. The zero-order chi connectivity index (χ0) is 19.6. The van der Waals surface area contributed by atoms with Gasteiger partial charge in [-0.3, -0.25) is 4.79 Å². The molecule has 0 aliphatic carbocycles. The fourth-order valence-electron chi connectivity index (χ4n) is 4.63. The van der Waals surface area contributed by atoms with Gasteiger partial charge in [0, 0.05) is 44.9 Å². The van der Waals surface area contributed by atoms with Crippen LogP contribution >= 0.6 is 0 Å². The third-order valence-corrected chi connectivity index (χ3v) is 6.40. The van der Waals surface area contributed by atoms with Crippen LogP contribution < -0.4 is 5.32 Å². The van der Waals surface area contributed by atoms with Crippen molar-refractivity contribution in [1.29, 1.82) is 0 Å². The number of likely N-dealkylation sites (tertiary alicyclic amines) is 2. The molecule has 3 saturated heterocycles. The Balaban J connectivity index is 1.31. The van der Waals surface area contributed by atoms with Gasteiger partial charge < -0.3 is 19.9 Å². The number of anilines is 1. The van der Waals surface area contributed by atoms with Crippen LogP contribution in [-0.4, -0.2) is 60.6 Å². The van der Waals surface area contributed by atoms with E-state index in [1.807, 2.05) is 9.80 Å². The molecule has 6 nitrogen and oxygen atoms in total. The fraction of sp³-hybridized carbons (Fsp3) is 0.619. The molecule has 1 atom stereocenters. The average Bonchev–Trinajstić information content (AvgIpc) is 3.20. The average molecular weight is 389 g/mol. The van der Waals surface area contributed by atoms with Gasteiger partial charge in [-0.2, -0.15) is 0 Å². The molecule has 3 aliphatic rings. The van der Waals surface area contributed by atoms with Crippen LogP contribution in [0.5, 0.6) is 0 Å². The third-order valence-electron chi connectivity index (χ3n) is 6.40. The molecule has 0 aromatic heterocycles. The number of halogens is 1. The summed E-state index contributed by atoms with van der Waals surface area (Å²) in [7, 11) is 0. The summed E-state index contributed by atoms with van der Waals surface area (Å²) in [5.41, 5.74) is 0.705. The normalized spacial score (nSPS) is 24.6. The summed E-state index contributed by atoms with van der Waals surface area (Å²) in [6.07, 6.45) is 5.60. The van der Waals surface area contributed by atoms with E-state index < -0.39 is 0 Å². The summed E-state index contributed by atoms with van der Waals surface area (Å²) in [5.74, 6) is -0.0880. The van der Waals surface area contributed by atoms with Crippen molar-refractivity contribution in [2.75, 3.05) is 38.1 Å². The Morgan fingerprint density at radius 3 is 2.64 bits per heavy atom. The van der Waals surface area contributed by atoms with E-state index in [2.05, 4.69) is 5.32 Å². The van der Waals surface area contributed by atoms with E-state index in [9.17, 15) is 14.0 Å². The summed E-state index contributed by atoms with van der Waals surface area (Å²) < 4.78 is 18.7. The van der Waals surface area contributed by atoms with Crippen LogP contribution in [0.15, 0.2) is 24.3 Å². The zero-order valence-corrected chi connectivity index (χ0v) is 16.2. The van der Waals surface area contributed by atoms with E-state index in [1.54, 1.807) is 12.1 Å². The number of benzene rings is 1. The first kappa shape index (κ1) is 19.2. The molecule has 0 radical (unpaired) electrons. The van der Waals surface area contributed by atoms with Crippen molar-refractivity contribution in [3.63, 3.8) is 0 Å². The molecule has 7 heteroatoms. The monoisotopic (exact) mass is 389 g/mol. The van der Waals surface area contributed by atoms with Crippen LogP contribution in [-0.2, 0) is 9.53 Å². The van der Waals surface area contributed by atoms with E-state index in [0.29, 0.717) is 31.7 Å². The lowest BCUT2D eigenvalue weighted by molar-refractivity contribution is -0.140. The van der Waals surface area contributed by atoms with Crippen LogP contribution in [0.1, 0.15) is 38.5 Å². The molecule has 28 heavy (non-hydrogen) atoms. The highest BCUT2D eigenvalue weighted by molar-refractivity contribution is 5.89. The summed E-state index contributed by atoms with van der Waals surface area (Å²) in [6, 6.07) is 5.65. The number of hydrogen-bond donors (Lipinski definition) is 1. The maximum Gasteiger partial charge on any atom is 0.321 e. The van der Waals surface area contributed by atoms with Crippen molar-refractivity contribution in [3.8, 4) is 0 Å². The SMILES string of the molecule is O=C1CCC2(CCN(C(=O)Nc3ccc(F)cc3)CC2)CN1C[C@@H]1CCCO1. The molecule has 3 fully saturated rings. The number of piperidine rings is 2. The number of hydrogen-bond acceptors (Lipinski definition) is 3. The maximum atomic E-state index is 13.0. The van der Waals surface area contributed by atoms with Gasteiger partial charge in [-0.25, -0.2) is 9.18 Å². The van der Waals surface area contributed by atoms with Gasteiger partial charge in [0.2, 0.25) is 5.91 Å². The van der Waals surface area contributed by atoms with Crippen molar-refractivity contribution in [3.05, 3.63) is 30.1 Å². The first-order valence-corrected chi connectivity index (χ1v) is 10.2. The first-order valence-electron chi connectivity index (χ1n) is 10.2. The van der Waals surface area contributed by atoms with Crippen molar-refractivity contribution >= 4 is 17.6 Å². The minimum Gasteiger partial charge on any atom is -0.376 e. The number of ether oxygens (including phenoxy) is 1. The molecule has 1 aromatic rings. The molecule has 1 aromatic carbocycles. The number of carbonyl (C=O) groups is 2. The Kier molecular flexibility index (Phi) is 5.53. The molecule has 1 N–H and O–H groups in total. The summed E-state index contributed by atoms with van der Waals surface area (Å²) >= 11 is 0. The molecule has 4 rings (SSSR count). The molecule has 3 amide bonds. The Morgan fingerprint density at radius 1 is 1.21 bits per heavy atom. The van der Waals surface area contributed by atoms with Crippen molar-refractivity contribution in [1.82, 2.24) is 9.80 Å². The fourth-order valence-corrected chi connectivity index (χ4v) is 4.63. The van der Waals surface area contributed by atoms with Gasteiger partial charge in [0.05, 0.1) is 6.10 Å². The number of nitrogens with one attached hydrogen (secondary N) is 1. The highest BCUT2D eigenvalue weighted by atomic mass is 19.1. The van der Waals surface area contributed by atoms with Gasteiger partial charge in [0.1, 0.15) is 5.82 Å². The van der Waals surface area contributed by atoms with Crippen LogP contribution in [0, 0.1) is 11.2 Å². The molecule has 3 aliphatic heterocycles. The number of urea groups is 1. The lowest BCUT2D eigenvalue weighted by Gasteiger charge is -2.47. The number of carbonyl (C=O) groups excluding carboxylic acids is 2. The van der Waals surface area contributed by atoms with E-state index in [-0.39, 0.29) is 29.3 Å². The van der Waals surface area contributed by atoms with Crippen molar-refractivity contribution < 1.29 is 18.7 Å². The molecule has 0 bridgehead atoms. The van der Waals surface area contributed by atoms with Gasteiger partial charge in [-0.1, -0.05) is 0 Å². The van der Waals surface area contributed by atoms with E-state index in [0.717, 1.165) is 45.3 Å². The summed E-state index contributed by atoms with van der Waals surface area (Å²) in [4.78, 5) is 28.7. The summed E-state index contributed by atoms with van der Waals surface area (Å²) in [5, 5.41) is 2.83. The Hall–Kier alpha value is -2.15. The van der Waals surface area contributed by atoms with Crippen LogP contribution in [0.2, 0.25) is 0 Å². The van der Waals surface area contributed by atoms with Gasteiger partial charge in [-0.15, -0.1) is 0 Å². The third kappa shape index (κ3) is 4.29. The Bertz CT molecular complexity index is 710. The Labute approximate surface area is 165 Å². The largest absolute Gasteiger partial charge is 0.376 e. The van der Waals surface area contributed by atoms with E-state index >= 15 is 0 Å². The number of rotatable bonds is 3. The molecule has 152 valence electrons. The van der Waals surface area contributed by atoms with Gasteiger partial charge in [0.25, 0.3) is 0 Å². The summed E-state index contributed by atoms with van der Waals surface area (Å²) in [6.45, 7) is 3.63. The first-order chi connectivity index (χ1) is 13.5. The van der Waals surface area contributed by atoms with Crippen LogP contribution in [0.25, 0.3) is 0 Å². The molecule has 0 unspecified atom stereocenters. The van der Waals surface area contributed by atoms with E-state index in [1.165, 1.54) is 12.1 Å². The molecule has 0 saturated carbocycles. The highest BCUT2D eigenvalue weighted by Gasteiger charge is 2.42. The highest BCUT2D eigenvalue weighted by Crippen LogP contribution is 2.40. The lowest BCUT2D eigenvalue weighted by Crippen LogP contribution is -2.54. The molecule has 3 heterocycles. The van der Waals surface area contributed by atoms with Gasteiger partial charge in [-0.05, 0) is 61.8 Å². The standard InChI is InChI=1S/C21H28FN3O3/c22-16-3-5-17(6-4-16)23-20(27)24-11-9-21(10-12-24)8-7-19(26)25(15-21)14-18-2-1-13-28-18/h3-6,18H,1-2,7-15H2,(H,23,27)/t18-/m0/s1. The van der Waals surface area contributed by atoms with Crippen molar-refractivity contribution in [2.24, 2.45) is 5.41 Å². The predicted molar refractivity (Wildman–Crippen MR) is 103 cm³/mol. The van der Waals surface area contributed by atoms with E-state index in [4.69, 9.17) is 4.74 Å². The second kappa shape index (κ2) is 8.07. The van der Waals surface area contributed by atoms with Crippen molar-refractivity contribution in [2.45, 2.75) is 44.6 Å². The van der Waals surface area contributed by atoms with Crippen LogP contribution in [0.4, 0.5) is 14.9 Å². The zero-order valence-electron chi connectivity index (χ0n) is 16.2. The molecule has 1 spiro atoms. The minimum atomic E-state index is -0.322. The smallest absolute Gasteiger partial charge is 0.321 e. The predicted octanol–water partition coefficient (Wildman–Crippen LogP) is 3.24. The minimum absolute atomic E-state index is 0.110. The van der Waals surface area contributed by atoms with Crippen LogP contribution in [0.3, 0.4) is 0 Å². The maximum absolute atomic E-state index is 13.0. The van der Waals surface area contributed by atoms with Gasteiger partial charge in [0.15, 0.2) is 0 Å².